The molecule has 0 atom stereocenters. The van der Waals surface area contributed by atoms with Gasteiger partial charge < -0.3 is 5.73 Å². The number of sulfonamides is 1. The second-order valence-corrected chi connectivity index (χ2v) is 5.95. The van der Waals surface area contributed by atoms with Crippen LogP contribution < -0.4 is 10.5 Å². The van der Waals surface area contributed by atoms with Crippen molar-refractivity contribution in [2.24, 2.45) is 0 Å². The van der Waals surface area contributed by atoms with E-state index in [1.165, 1.54) is 18.2 Å². The Balaban J connectivity index is 2.46. The van der Waals surface area contributed by atoms with Gasteiger partial charge in [-0.3, -0.25) is 4.72 Å². The maximum atomic E-state index is 13.5. The lowest BCUT2D eigenvalue weighted by molar-refractivity contribution is 0.511. The summed E-state index contributed by atoms with van der Waals surface area (Å²) in [6.07, 6.45) is 0. The molecule has 0 fully saturated rings. The van der Waals surface area contributed by atoms with E-state index in [2.05, 4.69) is 0 Å². The van der Waals surface area contributed by atoms with E-state index in [1.807, 2.05) is 4.72 Å². The molecule has 0 aliphatic heterocycles. The molecular formula is C12H9ClF2N2O2S. The van der Waals surface area contributed by atoms with Gasteiger partial charge in [-0.25, -0.2) is 17.2 Å². The average molecular weight is 319 g/mol. The first kappa shape index (κ1) is 14.5. The molecule has 0 bridgehead atoms. The Kier molecular flexibility index (Phi) is 3.82. The number of halogens is 3. The molecule has 106 valence electrons. The third kappa shape index (κ3) is 2.83. The van der Waals surface area contributed by atoms with Crippen molar-refractivity contribution in [3.63, 3.8) is 0 Å². The van der Waals surface area contributed by atoms with Gasteiger partial charge in [0.1, 0.15) is 4.90 Å². The van der Waals surface area contributed by atoms with Crippen molar-refractivity contribution in [2.45, 2.75) is 4.90 Å². The van der Waals surface area contributed by atoms with Crippen molar-refractivity contribution in [3.05, 3.63) is 53.1 Å². The zero-order valence-electron chi connectivity index (χ0n) is 9.90. The smallest absolute Gasteiger partial charge is 0.263 e. The Labute approximate surface area is 119 Å². The monoisotopic (exact) mass is 318 g/mol. The fraction of sp³-hybridized carbons (Fsp3) is 0. The fourth-order valence-electron chi connectivity index (χ4n) is 1.51. The van der Waals surface area contributed by atoms with Gasteiger partial charge in [0.25, 0.3) is 10.0 Å². The minimum Gasteiger partial charge on any atom is -0.399 e. The lowest BCUT2D eigenvalue weighted by atomic mass is 10.3. The maximum Gasteiger partial charge on any atom is 0.263 e. The molecule has 4 nitrogen and oxygen atoms in total. The van der Waals surface area contributed by atoms with E-state index in [1.54, 1.807) is 0 Å². The molecule has 0 saturated carbocycles. The molecule has 20 heavy (non-hydrogen) atoms. The van der Waals surface area contributed by atoms with Gasteiger partial charge in [0.15, 0.2) is 11.6 Å². The number of hydrogen-bond acceptors (Lipinski definition) is 3. The second kappa shape index (κ2) is 5.26. The molecular weight excluding hydrogens is 310 g/mol. The third-order valence-corrected chi connectivity index (χ3v) is 4.29. The summed E-state index contributed by atoms with van der Waals surface area (Å²) < 4.78 is 52.6. The summed E-state index contributed by atoms with van der Waals surface area (Å²) in [6.45, 7) is 0. The Bertz CT molecular complexity index is 766. The number of nitrogens with one attached hydrogen (secondary N) is 1. The van der Waals surface area contributed by atoms with E-state index in [0.29, 0.717) is 0 Å². The summed E-state index contributed by atoms with van der Waals surface area (Å²) in [7, 11) is -4.17. The van der Waals surface area contributed by atoms with E-state index < -0.39 is 27.3 Å². The van der Waals surface area contributed by atoms with Gasteiger partial charge in [-0.1, -0.05) is 17.7 Å². The highest BCUT2D eigenvalue weighted by Gasteiger charge is 2.20. The summed E-state index contributed by atoms with van der Waals surface area (Å²) in [5, 5.41) is -0.0801. The number of nitrogen functional groups attached to an aromatic ring is 1. The summed E-state index contributed by atoms with van der Waals surface area (Å²) in [5.74, 6) is -2.46. The Morgan fingerprint density at radius 3 is 2.55 bits per heavy atom. The SMILES string of the molecule is Nc1ccc(Cl)c(S(=O)(=O)Nc2cccc(F)c2F)c1. The van der Waals surface area contributed by atoms with E-state index in [-0.39, 0.29) is 15.6 Å². The standard InChI is InChI=1S/C12H9ClF2N2O2S/c13-8-5-4-7(16)6-11(8)20(18,19)17-10-3-1-2-9(14)12(10)15/h1-6,17H,16H2. The number of anilines is 2. The average Bonchev–Trinajstić information content (AvgIpc) is 2.37. The van der Waals surface area contributed by atoms with Crippen LogP contribution in [0.1, 0.15) is 0 Å². The number of nitrogens with two attached hydrogens (primary N) is 1. The normalized spacial score (nSPS) is 11.3. The van der Waals surface area contributed by atoms with Crippen molar-refractivity contribution in [2.75, 3.05) is 10.5 Å². The van der Waals surface area contributed by atoms with Crippen molar-refractivity contribution in [1.82, 2.24) is 0 Å². The highest BCUT2D eigenvalue weighted by atomic mass is 35.5. The van der Waals surface area contributed by atoms with Gasteiger partial charge in [-0.2, -0.15) is 0 Å². The molecule has 2 aromatic carbocycles. The van der Waals surface area contributed by atoms with Gasteiger partial charge in [0.05, 0.1) is 10.7 Å². The van der Waals surface area contributed by atoms with Crippen LogP contribution in [0.25, 0.3) is 0 Å². The summed E-state index contributed by atoms with van der Waals surface area (Å²) in [6, 6.07) is 6.99. The van der Waals surface area contributed by atoms with Crippen LogP contribution in [0.2, 0.25) is 5.02 Å². The molecule has 0 unspecified atom stereocenters. The van der Waals surface area contributed by atoms with Gasteiger partial charge in [0, 0.05) is 5.69 Å². The highest BCUT2D eigenvalue weighted by molar-refractivity contribution is 7.92. The molecule has 0 amide bonds. The summed E-state index contributed by atoms with van der Waals surface area (Å²) >= 11 is 5.78. The fourth-order valence-corrected chi connectivity index (χ4v) is 3.10. The second-order valence-electron chi connectivity index (χ2n) is 3.90. The van der Waals surface area contributed by atoms with Crippen LogP contribution in [0.15, 0.2) is 41.3 Å². The first-order valence-corrected chi connectivity index (χ1v) is 7.19. The topological polar surface area (TPSA) is 72.2 Å². The van der Waals surface area contributed by atoms with Crippen LogP contribution in [0, 0.1) is 11.6 Å². The first-order chi connectivity index (χ1) is 9.31. The number of hydrogen-bond donors (Lipinski definition) is 2. The van der Waals surface area contributed by atoms with Gasteiger partial charge in [0.2, 0.25) is 0 Å². The quantitative estimate of drug-likeness (QED) is 0.854. The Hall–Kier alpha value is -1.86. The molecule has 0 heterocycles. The number of benzene rings is 2. The Morgan fingerprint density at radius 2 is 1.85 bits per heavy atom. The van der Waals surface area contributed by atoms with Crippen molar-refractivity contribution in [3.8, 4) is 0 Å². The van der Waals surface area contributed by atoms with E-state index in [4.69, 9.17) is 17.3 Å². The van der Waals surface area contributed by atoms with Crippen molar-refractivity contribution in [1.29, 1.82) is 0 Å². The van der Waals surface area contributed by atoms with Crippen molar-refractivity contribution >= 4 is 33.0 Å². The minimum absolute atomic E-state index is 0.0801. The molecule has 2 rings (SSSR count). The largest absolute Gasteiger partial charge is 0.399 e. The summed E-state index contributed by atoms with van der Waals surface area (Å²) in [5.41, 5.74) is 5.15. The van der Waals surface area contributed by atoms with Crippen molar-refractivity contribution < 1.29 is 17.2 Å². The summed E-state index contributed by atoms with van der Waals surface area (Å²) in [4.78, 5) is -0.317. The molecule has 0 radical (unpaired) electrons. The highest BCUT2D eigenvalue weighted by Crippen LogP contribution is 2.27. The van der Waals surface area contributed by atoms with E-state index in [9.17, 15) is 17.2 Å². The molecule has 0 aliphatic rings. The molecule has 0 spiro atoms. The lowest BCUT2D eigenvalue weighted by Gasteiger charge is -2.11. The van der Waals surface area contributed by atoms with Crippen LogP contribution in [-0.2, 0) is 10.0 Å². The lowest BCUT2D eigenvalue weighted by Crippen LogP contribution is -2.15. The van der Waals surface area contributed by atoms with Crippen LogP contribution in [-0.4, -0.2) is 8.42 Å². The van der Waals surface area contributed by atoms with Gasteiger partial charge >= 0.3 is 0 Å². The zero-order valence-corrected chi connectivity index (χ0v) is 11.5. The van der Waals surface area contributed by atoms with E-state index in [0.717, 1.165) is 18.2 Å². The van der Waals surface area contributed by atoms with Gasteiger partial charge in [-0.05, 0) is 30.3 Å². The molecule has 0 saturated heterocycles. The molecule has 3 N–H and O–H groups in total. The van der Waals surface area contributed by atoms with Crippen LogP contribution >= 0.6 is 11.6 Å². The molecule has 0 aromatic heterocycles. The maximum absolute atomic E-state index is 13.5. The zero-order chi connectivity index (χ0) is 14.9. The third-order valence-electron chi connectivity index (χ3n) is 2.44. The number of rotatable bonds is 3. The predicted molar refractivity (Wildman–Crippen MR) is 73.0 cm³/mol. The Morgan fingerprint density at radius 1 is 1.15 bits per heavy atom. The van der Waals surface area contributed by atoms with Crippen LogP contribution in [0.3, 0.4) is 0 Å². The molecule has 0 aliphatic carbocycles. The van der Waals surface area contributed by atoms with Crippen LogP contribution in [0.5, 0.6) is 0 Å². The molecule has 2 aromatic rings. The van der Waals surface area contributed by atoms with E-state index >= 15 is 0 Å². The predicted octanol–water partition coefficient (Wildman–Crippen LogP) is 3.00. The van der Waals surface area contributed by atoms with Gasteiger partial charge in [-0.15, -0.1) is 0 Å². The van der Waals surface area contributed by atoms with Crippen LogP contribution in [0.4, 0.5) is 20.2 Å². The minimum atomic E-state index is -4.17. The first-order valence-electron chi connectivity index (χ1n) is 5.33. The molecule has 8 heteroatoms.